The number of imidazole rings is 1. The van der Waals surface area contributed by atoms with E-state index in [9.17, 15) is 23.1 Å². The number of hydrogen-bond donors (Lipinski definition) is 1. The van der Waals surface area contributed by atoms with E-state index in [0.717, 1.165) is 0 Å². The normalized spacial score (nSPS) is 17.7. The number of amides is 1. The van der Waals surface area contributed by atoms with Crippen LogP contribution in [0.2, 0.25) is 0 Å². The number of nitrogens with zero attached hydrogens (tertiary/aromatic N) is 4. The minimum absolute atomic E-state index is 0.00523. The fourth-order valence-corrected chi connectivity index (χ4v) is 4.85. The maximum Gasteiger partial charge on any atom is 0.573 e. The second-order valence-electron chi connectivity index (χ2n) is 9.80. The summed E-state index contributed by atoms with van der Waals surface area (Å²) in [7, 11) is 1.51. The van der Waals surface area contributed by atoms with Crippen LogP contribution in [0.1, 0.15) is 47.9 Å². The number of rotatable bonds is 6. The second-order valence-corrected chi connectivity index (χ2v) is 9.80. The molecule has 0 saturated carbocycles. The van der Waals surface area contributed by atoms with Gasteiger partial charge in [0.05, 0.1) is 24.7 Å². The van der Waals surface area contributed by atoms with Gasteiger partial charge < -0.3 is 19.5 Å². The molecule has 3 heterocycles. The Kier molecular flexibility index (Phi) is 6.71. The molecule has 0 radical (unpaired) electrons. The third-order valence-corrected chi connectivity index (χ3v) is 6.79. The van der Waals surface area contributed by atoms with Gasteiger partial charge in [0.15, 0.2) is 0 Å². The van der Waals surface area contributed by atoms with Crippen molar-refractivity contribution < 1.29 is 32.5 Å². The van der Waals surface area contributed by atoms with Crippen LogP contribution in [-0.4, -0.2) is 57.0 Å². The summed E-state index contributed by atoms with van der Waals surface area (Å²) in [6, 6.07) is 14.2. The van der Waals surface area contributed by atoms with Crippen molar-refractivity contribution in [2.75, 3.05) is 20.2 Å². The molecule has 4 aromatic rings. The van der Waals surface area contributed by atoms with E-state index < -0.39 is 12.0 Å². The Balaban J connectivity index is 1.42. The summed E-state index contributed by atoms with van der Waals surface area (Å²) in [6.07, 6.45) is -2.85. The van der Waals surface area contributed by atoms with E-state index in [1.807, 2.05) is 18.4 Å². The van der Waals surface area contributed by atoms with E-state index in [2.05, 4.69) is 9.72 Å². The van der Waals surface area contributed by atoms with Crippen LogP contribution in [0, 0.1) is 0 Å². The number of benzene rings is 2. The lowest BCUT2D eigenvalue weighted by Crippen LogP contribution is -2.34. The minimum Gasteiger partial charge on any atom is -0.481 e. The number of likely N-dealkylation sites (tertiary alicyclic amines) is 1. The van der Waals surface area contributed by atoms with Gasteiger partial charge in [-0.05, 0) is 55.0 Å². The maximum atomic E-state index is 13.4. The molecular formula is C28H27F3N4O4. The molecule has 8 nitrogen and oxygen atoms in total. The van der Waals surface area contributed by atoms with Gasteiger partial charge >= 0.3 is 6.36 Å². The van der Waals surface area contributed by atoms with Crippen molar-refractivity contribution in [3.05, 3.63) is 77.7 Å². The minimum atomic E-state index is -4.77. The van der Waals surface area contributed by atoms with Crippen molar-refractivity contribution in [3.63, 3.8) is 0 Å². The van der Waals surface area contributed by atoms with Crippen LogP contribution in [0.25, 0.3) is 16.7 Å². The van der Waals surface area contributed by atoms with Gasteiger partial charge in [0.1, 0.15) is 17.2 Å². The smallest absolute Gasteiger partial charge is 0.481 e. The summed E-state index contributed by atoms with van der Waals surface area (Å²) < 4.78 is 48.7. The van der Waals surface area contributed by atoms with Gasteiger partial charge in [-0.2, -0.15) is 0 Å². The van der Waals surface area contributed by atoms with Gasteiger partial charge in [0.25, 0.3) is 5.91 Å². The summed E-state index contributed by atoms with van der Waals surface area (Å²) in [5, 5.41) is 11.2. The molecule has 0 spiro atoms. The molecule has 1 aliphatic heterocycles. The molecular weight excluding hydrogens is 513 g/mol. The van der Waals surface area contributed by atoms with Crippen molar-refractivity contribution in [2.45, 2.75) is 38.1 Å². The first-order valence-corrected chi connectivity index (χ1v) is 12.4. The zero-order valence-electron chi connectivity index (χ0n) is 21.6. The van der Waals surface area contributed by atoms with Crippen LogP contribution in [0.15, 0.2) is 60.8 Å². The molecule has 1 N–H and O–H groups in total. The predicted octanol–water partition coefficient (Wildman–Crippen LogP) is 5.18. The first-order valence-electron chi connectivity index (χ1n) is 12.4. The zero-order valence-corrected chi connectivity index (χ0v) is 21.6. The van der Waals surface area contributed by atoms with Gasteiger partial charge in [-0.15, -0.1) is 13.2 Å². The third-order valence-electron chi connectivity index (χ3n) is 6.79. The fourth-order valence-electron chi connectivity index (χ4n) is 4.85. The number of methoxy groups -OCH3 is 1. The highest BCUT2D eigenvalue weighted by atomic mass is 19.4. The molecule has 39 heavy (non-hydrogen) atoms. The van der Waals surface area contributed by atoms with Crippen molar-refractivity contribution >= 4 is 16.9 Å². The number of carbonyl (C=O) groups excluding carboxylic acids is 1. The van der Waals surface area contributed by atoms with Gasteiger partial charge in [-0.1, -0.05) is 13.8 Å². The lowest BCUT2D eigenvalue weighted by atomic mass is 9.95. The number of ether oxygens (including phenoxy) is 2. The Morgan fingerprint density at radius 1 is 1.10 bits per heavy atom. The Morgan fingerprint density at radius 3 is 2.46 bits per heavy atom. The van der Waals surface area contributed by atoms with Crippen LogP contribution in [0.3, 0.4) is 0 Å². The number of carbonyl (C=O) groups is 1. The standard InChI is InChI=1S/C28H27F3N4O4/c1-17(2)25-33-22-14-18(4-10-23(22)35(25)20-6-8-21(9-7-20)39-28(29,30)31)26(36)34-13-12-27(37,16-34)19-5-11-24(38-3)32-15-19/h4-11,14-15,17,37H,12-13,16H2,1-3H3. The highest BCUT2D eigenvalue weighted by Gasteiger charge is 2.40. The number of aliphatic hydroxyl groups is 1. The number of fused-ring (bicyclic) bond motifs is 1. The Morgan fingerprint density at radius 2 is 1.85 bits per heavy atom. The Bertz CT molecular complexity index is 1500. The van der Waals surface area contributed by atoms with E-state index in [0.29, 0.717) is 52.5 Å². The summed E-state index contributed by atoms with van der Waals surface area (Å²) in [6.45, 7) is 4.42. The molecule has 204 valence electrons. The SMILES string of the molecule is COc1ccc(C2(O)CCN(C(=O)c3ccc4c(c3)nc(C(C)C)n4-c3ccc(OC(F)(F)F)cc3)C2)cn1. The predicted molar refractivity (Wildman–Crippen MR) is 137 cm³/mol. The van der Waals surface area contributed by atoms with Gasteiger partial charge in [-0.3, -0.25) is 9.36 Å². The van der Waals surface area contributed by atoms with E-state index in [1.165, 1.54) is 31.4 Å². The molecule has 11 heteroatoms. The molecule has 2 aromatic carbocycles. The summed E-state index contributed by atoms with van der Waals surface area (Å²) in [4.78, 5) is 23.9. The molecule has 0 bridgehead atoms. The molecule has 5 rings (SSSR count). The average Bonchev–Trinajstić information content (AvgIpc) is 3.49. The Labute approximate surface area is 222 Å². The van der Waals surface area contributed by atoms with E-state index >= 15 is 0 Å². The van der Waals surface area contributed by atoms with Crippen molar-refractivity contribution in [1.82, 2.24) is 19.4 Å². The van der Waals surface area contributed by atoms with Gasteiger partial charge in [0.2, 0.25) is 5.88 Å². The van der Waals surface area contributed by atoms with Gasteiger partial charge in [0, 0.05) is 41.5 Å². The number of β-amino-alcohol motifs (C(OH)–C–C–N with tert-alkyl or cyclic N) is 1. The molecule has 1 unspecified atom stereocenters. The number of pyridine rings is 1. The maximum absolute atomic E-state index is 13.4. The second kappa shape index (κ2) is 9.88. The summed E-state index contributed by atoms with van der Waals surface area (Å²) in [5.74, 6) is 0.581. The Hall–Kier alpha value is -4.12. The van der Waals surface area contributed by atoms with E-state index in [4.69, 9.17) is 9.72 Å². The summed E-state index contributed by atoms with van der Waals surface area (Å²) in [5.41, 5.74) is 1.73. The first kappa shape index (κ1) is 26.5. The van der Waals surface area contributed by atoms with E-state index in [-0.39, 0.29) is 24.1 Å². The van der Waals surface area contributed by atoms with Crippen LogP contribution in [-0.2, 0) is 5.60 Å². The lowest BCUT2D eigenvalue weighted by molar-refractivity contribution is -0.274. The van der Waals surface area contributed by atoms with Crippen LogP contribution in [0.5, 0.6) is 11.6 Å². The highest BCUT2D eigenvalue weighted by Crippen LogP contribution is 2.34. The number of hydrogen-bond acceptors (Lipinski definition) is 6. The van der Waals surface area contributed by atoms with E-state index in [1.54, 1.807) is 41.4 Å². The average molecular weight is 541 g/mol. The highest BCUT2D eigenvalue weighted by molar-refractivity contribution is 5.98. The molecule has 1 atom stereocenters. The molecule has 1 amide bonds. The van der Waals surface area contributed by atoms with Crippen LogP contribution in [0.4, 0.5) is 13.2 Å². The molecule has 1 aliphatic rings. The van der Waals surface area contributed by atoms with Crippen LogP contribution >= 0.6 is 0 Å². The third kappa shape index (κ3) is 5.26. The van der Waals surface area contributed by atoms with Crippen molar-refractivity contribution in [2.24, 2.45) is 0 Å². The lowest BCUT2D eigenvalue weighted by Gasteiger charge is -2.23. The number of alkyl halides is 3. The topological polar surface area (TPSA) is 89.7 Å². The molecule has 1 saturated heterocycles. The van der Waals surface area contributed by atoms with Crippen molar-refractivity contribution in [1.29, 1.82) is 0 Å². The summed E-state index contributed by atoms with van der Waals surface area (Å²) >= 11 is 0. The van der Waals surface area contributed by atoms with Crippen LogP contribution < -0.4 is 9.47 Å². The fraction of sp³-hybridized carbons (Fsp3) is 0.321. The number of halogens is 3. The first-order chi connectivity index (χ1) is 18.5. The zero-order chi connectivity index (χ0) is 27.9. The molecule has 1 fully saturated rings. The quantitative estimate of drug-likeness (QED) is 0.362. The molecule has 0 aliphatic carbocycles. The largest absolute Gasteiger partial charge is 0.573 e. The van der Waals surface area contributed by atoms with Gasteiger partial charge in [-0.25, -0.2) is 9.97 Å². The monoisotopic (exact) mass is 540 g/mol. The number of aromatic nitrogens is 3. The van der Waals surface area contributed by atoms with Crippen molar-refractivity contribution in [3.8, 4) is 17.3 Å². The molecule has 2 aromatic heterocycles.